The van der Waals surface area contributed by atoms with Crippen LogP contribution in [0.3, 0.4) is 0 Å². The zero-order valence-electron chi connectivity index (χ0n) is 17.9. The van der Waals surface area contributed by atoms with E-state index < -0.39 is 11.5 Å². The van der Waals surface area contributed by atoms with Gasteiger partial charge in [0.1, 0.15) is 0 Å². The summed E-state index contributed by atoms with van der Waals surface area (Å²) in [5, 5.41) is 14.0. The third-order valence-electron chi connectivity index (χ3n) is 6.41. The van der Waals surface area contributed by atoms with E-state index in [4.69, 9.17) is 4.74 Å². The number of aliphatic hydroxyl groups is 1. The molecule has 9 heteroatoms. The number of alkyl halides is 2. The first-order valence-electron chi connectivity index (χ1n) is 11.1. The molecule has 1 atom stereocenters. The molecule has 7 nitrogen and oxygen atoms in total. The van der Waals surface area contributed by atoms with Gasteiger partial charge in [-0.05, 0) is 18.6 Å². The number of β-amino-alcohol motifs (C(OH)–C–C–N with tert-alkyl or cyclic N) is 1. The van der Waals surface area contributed by atoms with Crippen LogP contribution in [0.5, 0.6) is 0 Å². The van der Waals surface area contributed by atoms with E-state index in [1.54, 1.807) is 0 Å². The second-order valence-electron chi connectivity index (χ2n) is 8.98. The number of carbonyl (C=O) groups excluding carboxylic acids is 1. The number of para-hydroxylation sites is 2. The van der Waals surface area contributed by atoms with E-state index in [0.29, 0.717) is 52.4 Å². The molecule has 3 saturated heterocycles. The van der Waals surface area contributed by atoms with E-state index in [9.17, 15) is 18.7 Å². The lowest BCUT2D eigenvalue weighted by molar-refractivity contribution is -0.117. The first kappa shape index (κ1) is 22.4. The normalized spacial score (nSPS) is 27.4. The van der Waals surface area contributed by atoms with Gasteiger partial charge < -0.3 is 20.1 Å². The van der Waals surface area contributed by atoms with Crippen molar-refractivity contribution in [3.63, 3.8) is 0 Å². The first-order chi connectivity index (χ1) is 14.8. The van der Waals surface area contributed by atoms with Crippen LogP contribution in [0.2, 0.25) is 0 Å². The van der Waals surface area contributed by atoms with Crippen molar-refractivity contribution in [2.75, 3.05) is 75.8 Å². The Bertz CT molecular complexity index is 765. The van der Waals surface area contributed by atoms with E-state index in [0.717, 1.165) is 24.5 Å². The Labute approximate surface area is 181 Å². The lowest BCUT2D eigenvalue weighted by atomic mass is 10.00. The maximum absolute atomic E-state index is 13.4. The maximum atomic E-state index is 13.4. The molecule has 1 aromatic rings. The fourth-order valence-electron chi connectivity index (χ4n) is 4.71. The van der Waals surface area contributed by atoms with E-state index in [-0.39, 0.29) is 25.3 Å². The number of hydrogen-bond acceptors (Lipinski definition) is 6. The van der Waals surface area contributed by atoms with Gasteiger partial charge in [-0.15, -0.1) is 0 Å². The number of carbonyl (C=O) groups is 1. The highest BCUT2D eigenvalue weighted by Gasteiger charge is 2.41. The summed E-state index contributed by atoms with van der Waals surface area (Å²) in [5.74, 6) is -2.71. The van der Waals surface area contributed by atoms with Crippen LogP contribution >= 0.6 is 0 Å². The number of amides is 1. The summed E-state index contributed by atoms with van der Waals surface area (Å²) < 4.78 is 32.1. The highest BCUT2D eigenvalue weighted by molar-refractivity contribution is 5.95. The van der Waals surface area contributed by atoms with Gasteiger partial charge in [0.2, 0.25) is 5.91 Å². The number of likely N-dealkylation sites (tertiary alicyclic amines) is 2. The summed E-state index contributed by atoms with van der Waals surface area (Å²) in [4.78, 5) is 18.8. The molecule has 1 aromatic carbocycles. The van der Waals surface area contributed by atoms with Crippen LogP contribution in [0.15, 0.2) is 24.3 Å². The molecule has 0 aliphatic carbocycles. The fourth-order valence-corrected chi connectivity index (χ4v) is 4.71. The molecule has 2 N–H and O–H groups in total. The summed E-state index contributed by atoms with van der Waals surface area (Å²) in [5.41, 5.74) is 0.801. The molecular weight excluding hydrogens is 406 g/mol. The van der Waals surface area contributed by atoms with Gasteiger partial charge in [-0.1, -0.05) is 12.1 Å². The standard InChI is InChI=1S/C22H32F2N4O3/c23-22(24)6-9-26(10-7-22)16-21(30)5-8-27(17-21)15-20(29)25-18-3-1-2-4-19(18)28-11-13-31-14-12-28/h1-4,30H,5-17H2,(H,25,29). The number of morpholine rings is 1. The quantitative estimate of drug-likeness (QED) is 0.704. The van der Waals surface area contributed by atoms with Crippen LogP contribution in [0.1, 0.15) is 19.3 Å². The minimum absolute atomic E-state index is 0.123. The first-order valence-corrected chi connectivity index (χ1v) is 11.1. The highest BCUT2D eigenvalue weighted by atomic mass is 19.3. The molecule has 0 aromatic heterocycles. The monoisotopic (exact) mass is 438 g/mol. The zero-order valence-corrected chi connectivity index (χ0v) is 17.9. The van der Waals surface area contributed by atoms with Crippen molar-refractivity contribution in [1.29, 1.82) is 0 Å². The van der Waals surface area contributed by atoms with Crippen molar-refractivity contribution in [3.8, 4) is 0 Å². The Morgan fingerprint density at radius 3 is 2.45 bits per heavy atom. The lowest BCUT2D eigenvalue weighted by Crippen LogP contribution is -2.49. The molecule has 0 bridgehead atoms. The highest BCUT2D eigenvalue weighted by Crippen LogP contribution is 2.30. The molecule has 0 spiro atoms. The van der Waals surface area contributed by atoms with Crippen molar-refractivity contribution in [3.05, 3.63) is 24.3 Å². The maximum Gasteiger partial charge on any atom is 0.250 e. The average Bonchev–Trinajstić information content (AvgIpc) is 3.11. The van der Waals surface area contributed by atoms with Gasteiger partial charge in [0.25, 0.3) is 5.92 Å². The second kappa shape index (κ2) is 9.36. The van der Waals surface area contributed by atoms with Gasteiger partial charge in [0.05, 0.1) is 36.7 Å². The molecule has 172 valence electrons. The van der Waals surface area contributed by atoms with Crippen molar-refractivity contribution in [2.24, 2.45) is 0 Å². The SMILES string of the molecule is O=C(CN1CCC(O)(CN2CCC(F)(F)CC2)C1)Nc1ccccc1N1CCOCC1. The van der Waals surface area contributed by atoms with Crippen molar-refractivity contribution in [1.82, 2.24) is 9.80 Å². The van der Waals surface area contributed by atoms with Gasteiger partial charge >= 0.3 is 0 Å². The van der Waals surface area contributed by atoms with Crippen LogP contribution in [0.25, 0.3) is 0 Å². The minimum Gasteiger partial charge on any atom is -0.387 e. The third-order valence-corrected chi connectivity index (χ3v) is 6.41. The number of ether oxygens (including phenoxy) is 1. The predicted molar refractivity (Wildman–Crippen MR) is 115 cm³/mol. The molecule has 0 radical (unpaired) electrons. The predicted octanol–water partition coefficient (Wildman–Crippen LogP) is 1.63. The summed E-state index contributed by atoms with van der Waals surface area (Å²) in [7, 11) is 0. The Morgan fingerprint density at radius 2 is 1.71 bits per heavy atom. The molecule has 4 rings (SSSR count). The molecule has 0 saturated carbocycles. The Balaban J connectivity index is 1.28. The largest absolute Gasteiger partial charge is 0.387 e. The number of nitrogens with one attached hydrogen (secondary N) is 1. The van der Waals surface area contributed by atoms with Crippen LogP contribution in [-0.4, -0.2) is 97.9 Å². The fraction of sp³-hybridized carbons (Fsp3) is 0.682. The summed E-state index contributed by atoms with van der Waals surface area (Å²) in [6.45, 7) is 5.06. The number of nitrogens with zero attached hydrogens (tertiary/aromatic N) is 3. The smallest absolute Gasteiger partial charge is 0.250 e. The Morgan fingerprint density at radius 1 is 1.03 bits per heavy atom. The number of piperidine rings is 1. The lowest BCUT2D eigenvalue weighted by Gasteiger charge is -2.36. The van der Waals surface area contributed by atoms with Gasteiger partial charge in [-0.25, -0.2) is 8.78 Å². The van der Waals surface area contributed by atoms with Crippen LogP contribution in [0, 0.1) is 0 Å². The Hall–Kier alpha value is -1.81. The Kier molecular flexibility index (Phi) is 6.76. The molecular formula is C22H32F2N4O3. The van der Waals surface area contributed by atoms with E-state index >= 15 is 0 Å². The van der Waals surface area contributed by atoms with Gasteiger partial charge in [0, 0.05) is 58.7 Å². The number of rotatable bonds is 6. The van der Waals surface area contributed by atoms with Crippen molar-refractivity contribution in [2.45, 2.75) is 30.8 Å². The van der Waals surface area contributed by atoms with Crippen LogP contribution in [0.4, 0.5) is 20.2 Å². The number of benzene rings is 1. The average molecular weight is 439 g/mol. The number of halogens is 2. The third kappa shape index (κ3) is 5.91. The molecule has 3 aliphatic rings. The van der Waals surface area contributed by atoms with Crippen molar-refractivity contribution < 1.29 is 23.4 Å². The number of anilines is 2. The molecule has 1 amide bonds. The molecule has 31 heavy (non-hydrogen) atoms. The van der Waals surface area contributed by atoms with E-state index in [2.05, 4.69) is 10.2 Å². The summed E-state index contributed by atoms with van der Waals surface area (Å²) in [6, 6.07) is 7.75. The second-order valence-corrected chi connectivity index (χ2v) is 8.98. The van der Waals surface area contributed by atoms with Crippen LogP contribution in [-0.2, 0) is 9.53 Å². The van der Waals surface area contributed by atoms with E-state index in [1.807, 2.05) is 34.1 Å². The van der Waals surface area contributed by atoms with Gasteiger partial charge in [-0.3, -0.25) is 14.6 Å². The summed E-state index contributed by atoms with van der Waals surface area (Å²) >= 11 is 0. The molecule has 3 heterocycles. The molecule has 3 fully saturated rings. The van der Waals surface area contributed by atoms with Crippen LogP contribution < -0.4 is 10.2 Å². The molecule has 1 unspecified atom stereocenters. The van der Waals surface area contributed by atoms with Gasteiger partial charge in [0.15, 0.2) is 0 Å². The summed E-state index contributed by atoms with van der Waals surface area (Å²) in [6.07, 6.45) is 0.229. The van der Waals surface area contributed by atoms with E-state index in [1.165, 1.54) is 0 Å². The topological polar surface area (TPSA) is 68.3 Å². The minimum atomic E-state index is -2.59. The zero-order chi connectivity index (χ0) is 21.9. The number of hydrogen-bond donors (Lipinski definition) is 2. The molecule has 3 aliphatic heterocycles. The van der Waals surface area contributed by atoms with Crippen molar-refractivity contribution >= 4 is 17.3 Å². The van der Waals surface area contributed by atoms with Gasteiger partial charge in [-0.2, -0.15) is 0 Å².